The molecule has 0 bridgehead atoms. The molecule has 14 heteroatoms. The Morgan fingerprint density at radius 2 is 0.758 bits per heavy atom. The fourth-order valence-corrected chi connectivity index (χ4v) is 26.1. The van der Waals surface area contributed by atoms with Crippen molar-refractivity contribution in [3.05, 3.63) is 0 Å². The van der Waals surface area contributed by atoms with Gasteiger partial charge in [0.1, 0.15) is 0 Å². The van der Waals surface area contributed by atoms with Crippen molar-refractivity contribution in [2.45, 2.75) is 72.0 Å². The summed E-state index contributed by atoms with van der Waals surface area (Å²) in [4.78, 5) is 0. The van der Waals surface area contributed by atoms with E-state index < -0.39 is 42.6 Å². The third-order valence-corrected chi connectivity index (χ3v) is 20.8. The van der Waals surface area contributed by atoms with Crippen LogP contribution in [-0.2, 0) is 35.1 Å². The van der Waals surface area contributed by atoms with Crippen LogP contribution < -0.4 is 0 Å². The lowest BCUT2D eigenvalue weighted by Gasteiger charge is -2.41. The number of aliphatic hydroxyl groups is 1. The van der Waals surface area contributed by atoms with Gasteiger partial charge in [0, 0.05) is 0 Å². The molecule has 0 saturated carbocycles. The van der Waals surface area contributed by atoms with E-state index in [1.807, 2.05) is 13.1 Å². The minimum absolute atomic E-state index is 0.0270. The third-order valence-electron chi connectivity index (χ3n) is 3.68. The maximum atomic E-state index is 8.62. The van der Waals surface area contributed by atoms with Gasteiger partial charge in [-0.15, -0.1) is 0 Å². The highest BCUT2D eigenvalue weighted by Crippen LogP contribution is 2.26. The molecule has 0 rings (SSSR count). The molecule has 0 fully saturated rings. The van der Waals surface area contributed by atoms with Gasteiger partial charge in [-0.05, 0) is 72.0 Å². The van der Waals surface area contributed by atoms with Crippen molar-refractivity contribution in [2.24, 2.45) is 0 Å². The smallest absolute Gasteiger partial charge is 0.323 e. The number of ether oxygens (including phenoxy) is 3. The fraction of sp³-hybridized carbons (Fsp3) is 1.00. The van der Waals surface area contributed by atoms with Gasteiger partial charge in [-0.25, -0.2) is 0 Å². The Hall–Kier alpha value is 0.724. The highest BCUT2D eigenvalue weighted by Gasteiger charge is 2.45. The summed E-state index contributed by atoms with van der Waals surface area (Å²) < 4.78 is 47.8. The van der Waals surface area contributed by atoms with Gasteiger partial charge < -0.3 is 40.2 Å². The zero-order valence-corrected chi connectivity index (χ0v) is 27.9. The van der Waals surface area contributed by atoms with E-state index in [9.17, 15) is 0 Å². The van der Waals surface area contributed by atoms with Gasteiger partial charge in [-0.1, -0.05) is 0 Å². The average molecular weight is 563 g/mol. The molecule has 0 aromatic heterocycles. The summed E-state index contributed by atoms with van der Waals surface area (Å²) >= 11 is 0. The van der Waals surface area contributed by atoms with Crippen LogP contribution in [-0.4, -0.2) is 101 Å². The summed E-state index contributed by atoms with van der Waals surface area (Å²) in [6, 6.07) is 0. The van der Waals surface area contributed by atoms with Crippen LogP contribution in [0.3, 0.4) is 0 Å². The van der Waals surface area contributed by atoms with E-state index >= 15 is 0 Å². The van der Waals surface area contributed by atoms with Crippen LogP contribution in [0.1, 0.15) is 0 Å². The molecular weight excluding hydrogens is 513 g/mol. The van der Waals surface area contributed by atoms with Crippen LogP contribution in [0.25, 0.3) is 0 Å². The molecule has 0 spiro atoms. The molecule has 1 N–H and O–H groups in total. The second-order valence-corrected chi connectivity index (χ2v) is 29.5. The SMILES string of the molecule is C[Si](C)(C)O[Si](C)(C)O[Si](C)(C)O[Si](C)(C)O[Si](C)(C)OCCOCCOCCOCCO. The summed E-state index contributed by atoms with van der Waals surface area (Å²) in [6.45, 7) is 26.3. The van der Waals surface area contributed by atoms with Crippen LogP contribution in [0.2, 0.25) is 72.0 Å². The lowest BCUT2D eigenvalue weighted by atomic mass is 10.7. The zero-order valence-electron chi connectivity index (χ0n) is 22.9. The number of hydrogen-bond donors (Lipinski definition) is 1. The first-order valence-corrected chi connectivity index (χ1v) is 26.3. The first-order chi connectivity index (χ1) is 14.9. The molecule has 0 aromatic carbocycles. The molecule has 0 radical (unpaired) electrons. The van der Waals surface area contributed by atoms with E-state index in [0.29, 0.717) is 46.2 Å². The normalized spacial score (nSPS) is 14.2. The maximum Gasteiger partial charge on any atom is 0.323 e. The third kappa shape index (κ3) is 20.6. The molecule has 0 unspecified atom stereocenters. The summed E-state index contributed by atoms with van der Waals surface area (Å²) in [7, 11) is -11.3. The predicted molar refractivity (Wildman–Crippen MR) is 143 cm³/mol. The average Bonchev–Trinajstić information content (AvgIpc) is 2.53. The summed E-state index contributed by atoms with van der Waals surface area (Å²) in [5, 5.41) is 8.62. The predicted octanol–water partition coefficient (Wildman–Crippen LogP) is 3.75. The van der Waals surface area contributed by atoms with Crippen LogP contribution >= 0.6 is 0 Å². The van der Waals surface area contributed by atoms with E-state index in [1.54, 1.807) is 0 Å². The quantitative estimate of drug-likeness (QED) is 0.176. The molecule has 9 nitrogen and oxygen atoms in total. The highest BCUT2D eigenvalue weighted by molar-refractivity contribution is 6.89. The van der Waals surface area contributed by atoms with Crippen LogP contribution in [0.15, 0.2) is 0 Å². The molecular formula is C19H50O9Si5. The Labute approximate surface area is 207 Å². The number of hydrogen-bond acceptors (Lipinski definition) is 9. The van der Waals surface area contributed by atoms with Gasteiger partial charge in [-0.3, -0.25) is 0 Å². The van der Waals surface area contributed by atoms with E-state index in [0.717, 1.165) is 0 Å². The standard InChI is InChI=1S/C19H50O9Si5/c1-29(2,3)25-31(6,7)27-33(10,11)28-32(8,9)26-30(4,5)24-19-18-23-17-16-22-15-14-21-13-12-20/h20H,12-19H2,1-11H3. The van der Waals surface area contributed by atoms with Crippen LogP contribution in [0.5, 0.6) is 0 Å². The topological polar surface area (TPSA) is 94.1 Å². The monoisotopic (exact) mass is 562 g/mol. The minimum atomic E-state index is -2.47. The zero-order chi connectivity index (χ0) is 25.8. The summed E-state index contributed by atoms with van der Waals surface area (Å²) in [5.41, 5.74) is 0. The molecule has 200 valence electrons. The van der Waals surface area contributed by atoms with Gasteiger partial charge in [0.15, 0.2) is 8.32 Å². The Morgan fingerprint density at radius 1 is 0.424 bits per heavy atom. The first-order valence-electron chi connectivity index (χ1n) is 11.7. The van der Waals surface area contributed by atoms with Crippen molar-refractivity contribution in [2.75, 3.05) is 52.9 Å². The Balaban J connectivity index is 4.31. The largest absolute Gasteiger partial charge is 0.437 e. The second-order valence-electron chi connectivity index (χ2n) is 10.5. The maximum absolute atomic E-state index is 8.62. The number of rotatable bonds is 20. The summed E-state index contributed by atoms with van der Waals surface area (Å²) in [6.07, 6.45) is 0. The van der Waals surface area contributed by atoms with Crippen LogP contribution in [0.4, 0.5) is 0 Å². The van der Waals surface area contributed by atoms with Gasteiger partial charge in [0.05, 0.1) is 52.9 Å². The van der Waals surface area contributed by atoms with Crippen molar-refractivity contribution in [1.29, 1.82) is 0 Å². The fourth-order valence-electron chi connectivity index (χ4n) is 3.56. The molecule has 33 heavy (non-hydrogen) atoms. The molecule has 0 atom stereocenters. The minimum Gasteiger partial charge on any atom is -0.437 e. The van der Waals surface area contributed by atoms with Crippen LogP contribution in [0, 0.1) is 0 Å². The van der Waals surface area contributed by atoms with Gasteiger partial charge in [0.2, 0.25) is 0 Å². The first kappa shape index (κ1) is 33.7. The highest BCUT2D eigenvalue weighted by atomic mass is 28.5. The van der Waals surface area contributed by atoms with Gasteiger partial charge in [0.25, 0.3) is 0 Å². The Kier molecular flexibility index (Phi) is 15.4. The van der Waals surface area contributed by atoms with Crippen molar-refractivity contribution in [1.82, 2.24) is 0 Å². The van der Waals surface area contributed by atoms with Gasteiger partial charge >= 0.3 is 34.2 Å². The summed E-state index contributed by atoms with van der Waals surface area (Å²) in [5.74, 6) is 0. The van der Waals surface area contributed by atoms with Crippen molar-refractivity contribution >= 4 is 42.6 Å². The Bertz CT molecular complexity index is 528. The molecule has 0 aromatic rings. The van der Waals surface area contributed by atoms with E-state index in [-0.39, 0.29) is 6.61 Å². The lowest BCUT2D eigenvalue weighted by molar-refractivity contribution is 0.00226. The second kappa shape index (κ2) is 15.1. The van der Waals surface area contributed by atoms with E-state index in [2.05, 4.69) is 58.9 Å². The Morgan fingerprint density at radius 3 is 1.15 bits per heavy atom. The lowest BCUT2D eigenvalue weighted by Crippen LogP contribution is -2.58. The van der Waals surface area contributed by atoms with Crippen molar-refractivity contribution < 1.29 is 40.2 Å². The molecule has 0 aliphatic heterocycles. The van der Waals surface area contributed by atoms with Crippen molar-refractivity contribution in [3.63, 3.8) is 0 Å². The van der Waals surface area contributed by atoms with E-state index in [4.69, 9.17) is 40.2 Å². The van der Waals surface area contributed by atoms with Gasteiger partial charge in [-0.2, -0.15) is 0 Å². The molecule has 0 heterocycles. The van der Waals surface area contributed by atoms with E-state index in [1.165, 1.54) is 0 Å². The van der Waals surface area contributed by atoms with Crippen molar-refractivity contribution in [3.8, 4) is 0 Å². The molecule has 0 amide bonds. The molecule has 0 saturated heterocycles. The molecule has 0 aliphatic rings. The molecule has 0 aliphatic carbocycles. The number of aliphatic hydroxyl groups excluding tert-OH is 1.